The van der Waals surface area contributed by atoms with Crippen molar-refractivity contribution >= 4 is 17.6 Å². The summed E-state index contributed by atoms with van der Waals surface area (Å²) in [6, 6.07) is 2.30. The van der Waals surface area contributed by atoms with Crippen molar-refractivity contribution in [3.8, 4) is 0 Å². The molecule has 1 aliphatic carbocycles. The van der Waals surface area contributed by atoms with E-state index in [1.807, 2.05) is 10.8 Å². The van der Waals surface area contributed by atoms with E-state index in [1.54, 1.807) is 6.33 Å². The number of imidazole rings is 1. The molecule has 0 spiro atoms. The lowest BCUT2D eigenvalue weighted by molar-refractivity contribution is -0.127. The number of hydrogen-bond donors (Lipinski definition) is 2. The van der Waals surface area contributed by atoms with Crippen LogP contribution < -0.4 is 10.6 Å². The maximum atomic E-state index is 13.6. The van der Waals surface area contributed by atoms with Crippen LogP contribution in [0.1, 0.15) is 64.4 Å². The number of benzene rings is 1. The van der Waals surface area contributed by atoms with Gasteiger partial charge in [-0.15, -0.1) is 0 Å². The van der Waals surface area contributed by atoms with Crippen molar-refractivity contribution in [1.82, 2.24) is 19.8 Å². The van der Waals surface area contributed by atoms with Crippen LogP contribution in [0.2, 0.25) is 0 Å². The standard InChI is InChI=1S/C27H37F2N5O2/c1-27(2,17-33-10-6-7-11-33)34-16-23(30-18-34)31-26(36)25(20-8-4-3-5-9-20)32-24(35)14-19-12-21(28)15-22(29)13-19/h12-13,15-16,18,20,25H,3-11,14,17H2,1-2H3,(H,31,36)(H,32,35)/t25-/m0/s1. The molecule has 1 aromatic carbocycles. The zero-order valence-electron chi connectivity index (χ0n) is 21.2. The van der Waals surface area contributed by atoms with Gasteiger partial charge in [-0.2, -0.15) is 0 Å². The van der Waals surface area contributed by atoms with E-state index in [0.717, 1.165) is 69.9 Å². The summed E-state index contributed by atoms with van der Waals surface area (Å²) in [5.41, 5.74) is 0.0455. The average Bonchev–Trinajstić information content (AvgIpc) is 3.49. The molecular formula is C27H37F2N5O2. The highest BCUT2D eigenvalue weighted by Gasteiger charge is 2.32. The second kappa shape index (κ2) is 11.5. The average molecular weight is 502 g/mol. The molecule has 2 aromatic rings. The highest BCUT2D eigenvalue weighted by molar-refractivity contribution is 5.97. The minimum atomic E-state index is -0.737. The minimum absolute atomic E-state index is 0.000592. The second-order valence-electron chi connectivity index (χ2n) is 10.8. The maximum absolute atomic E-state index is 13.6. The zero-order valence-corrected chi connectivity index (χ0v) is 21.2. The summed E-state index contributed by atoms with van der Waals surface area (Å²) < 4.78 is 29.1. The Labute approximate surface area is 211 Å². The molecule has 0 bridgehead atoms. The highest BCUT2D eigenvalue weighted by Crippen LogP contribution is 2.28. The Morgan fingerprint density at radius 2 is 1.72 bits per heavy atom. The van der Waals surface area contributed by atoms with Crippen LogP contribution in [0.4, 0.5) is 14.6 Å². The molecule has 2 amide bonds. The molecule has 1 saturated carbocycles. The molecule has 1 saturated heterocycles. The van der Waals surface area contributed by atoms with Crippen LogP contribution in [0.25, 0.3) is 0 Å². The summed E-state index contributed by atoms with van der Waals surface area (Å²) in [6.45, 7) is 7.41. The molecular weight excluding hydrogens is 464 g/mol. The molecule has 7 nitrogen and oxygen atoms in total. The molecule has 36 heavy (non-hydrogen) atoms. The number of carbonyl (C=O) groups excluding carboxylic acids is 2. The van der Waals surface area contributed by atoms with Crippen LogP contribution in [-0.2, 0) is 21.5 Å². The van der Waals surface area contributed by atoms with Gasteiger partial charge in [-0.3, -0.25) is 9.59 Å². The number of halogens is 2. The van der Waals surface area contributed by atoms with Crippen molar-refractivity contribution in [2.24, 2.45) is 5.92 Å². The highest BCUT2D eigenvalue weighted by atomic mass is 19.1. The van der Waals surface area contributed by atoms with Gasteiger partial charge in [0, 0.05) is 18.8 Å². The lowest BCUT2D eigenvalue weighted by Crippen LogP contribution is -2.49. The summed E-state index contributed by atoms with van der Waals surface area (Å²) in [7, 11) is 0. The summed E-state index contributed by atoms with van der Waals surface area (Å²) in [5, 5.41) is 5.74. The Kier molecular flexibility index (Phi) is 8.39. The first-order chi connectivity index (χ1) is 17.2. The summed E-state index contributed by atoms with van der Waals surface area (Å²) >= 11 is 0. The second-order valence-corrected chi connectivity index (χ2v) is 10.8. The first-order valence-corrected chi connectivity index (χ1v) is 13.0. The molecule has 1 aliphatic heterocycles. The van der Waals surface area contributed by atoms with Crippen LogP contribution >= 0.6 is 0 Å². The molecule has 1 aromatic heterocycles. The third-order valence-corrected chi connectivity index (χ3v) is 7.35. The number of nitrogens with one attached hydrogen (secondary N) is 2. The van der Waals surface area contributed by atoms with Crippen LogP contribution in [-0.4, -0.2) is 51.9 Å². The van der Waals surface area contributed by atoms with E-state index < -0.39 is 23.6 Å². The lowest BCUT2D eigenvalue weighted by Gasteiger charge is -2.31. The van der Waals surface area contributed by atoms with Gasteiger partial charge in [0.2, 0.25) is 11.8 Å². The van der Waals surface area contributed by atoms with Gasteiger partial charge in [-0.1, -0.05) is 19.3 Å². The van der Waals surface area contributed by atoms with E-state index in [-0.39, 0.29) is 29.3 Å². The topological polar surface area (TPSA) is 79.3 Å². The Balaban J connectivity index is 1.42. The van der Waals surface area contributed by atoms with Crippen LogP contribution in [0.5, 0.6) is 0 Å². The first kappa shape index (κ1) is 26.3. The van der Waals surface area contributed by atoms with Gasteiger partial charge >= 0.3 is 0 Å². The van der Waals surface area contributed by atoms with Gasteiger partial charge in [-0.05, 0) is 76.2 Å². The number of aromatic nitrogens is 2. The van der Waals surface area contributed by atoms with Crippen LogP contribution in [0.15, 0.2) is 30.7 Å². The van der Waals surface area contributed by atoms with Gasteiger partial charge in [0.1, 0.15) is 17.7 Å². The maximum Gasteiger partial charge on any atom is 0.248 e. The number of amides is 2. The van der Waals surface area contributed by atoms with Crippen molar-refractivity contribution in [2.45, 2.75) is 76.8 Å². The molecule has 2 heterocycles. The van der Waals surface area contributed by atoms with E-state index >= 15 is 0 Å². The lowest BCUT2D eigenvalue weighted by atomic mass is 9.83. The van der Waals surface area contributed by atoms with Crippen molar-refractivity contribution in [2.75, 3.05) is 25.0 Å². The number of anilines is 1. The van der Waals surface area contributed by atoms with Gasteiger partial charge in [0.15, 0.2) is 5.82 Å². The van der Waals surface area contributed by atoms with Crippen LogP contribution in [0.3, 0.4) is 0 Å². The third kappa shape index (κ3) is 6.90. The summed E-state index contributed by atoms with van der Waals surface area (Å²) in [6.07, 6.45) is 10.6. The molecule has 9 heteroatoms. The van der Waals surface area contributed by atoms with Crippen molar-refractivity contribution < 1.29 is 18.4 Å². The van der Waals surface area contributed by atoms with Crippen molar-refractivity contribution in [3.05, 3.63) is 47.9 Å². The fraction of sp³-hybridized carbons (Fsp3) is 0.593. The van der Waals surface area contributed by atoms with Crippen LogP contribution in [0, 0.1) is 17.6 Å². The van der Waals surface area contributed by atoms with E-state index in [0.29, 0.717) is 5.82 Å². The molecule has 2 N–H and O–H groups in total. The summed E-state index contributed by atoms with van der Waals surface area (Å²) in [5.74, 6) is -1.78. The Bertz CT molecular complexity index is 1040. The molecule has 2 aliphatic rings. The largest absolute Gasteiger partial charge is 0.344 e. The van der Waals surface area contributed by atoms with Gasteiger partial charge < -0.3 is 20.1 Å². The van der Waals surface area contributed by atoms with Gasteiger partial charge in [-0.25, -0.2) is 13.8 Å². The Morgan fingerprint density at radius 1 is 1.06 bits per heavy atom. The Hall–Kier alpha value is -2.81. The minimum Gasteiger partial charge on any atom is -0.344 e. The molecule has 196 valence electrons. The number of hydrogen-bond acceptors (Lipinski definition) is 4. The smallest absolute Gasteiger partial charge is 0.248 e. The normalized spacial score (nSPS) is 18.2. The fourth-order valence-electron chi connectivity index (χ4n) is 5.48. The molecule has 0 radical (unpaired) electrons. The predicted molar refractivity (Wildman–Crippen MR) is 134 cm³/mol. The van der Waals surface area contributed by atoms with Crippen molar-refractivity contribution in [3.63, 3.8) is 0 Å². The fourth-order valence-corrected chi connectivity index (χ4v) is 5.48. The predicted octanol–water partition coefficient (Wildman–Crippen LogP) is 4.24. The number of likely N-dealkylation sites (tertiary alicyclic amines) is 1. The molecule has 0 unspecified atom stereocenters. The molecule has 4 rings (SSSR count). The SMILES string of the molecule is CC(C)(CN1CCCC1)n1cnc(NC(=O)[C@@H](NC(=O)Cc2cc(F)cc(F)c2)C2CCCCC2)c1. The summed E-state index contributed by atoms with van der Waals surface area (Å²) in [4.78, 5) is 33.0. The van der Waals surface area contributed by atoms with E-state index in [4.69, 9.17) is 0 Å². The quantitative estimate of drug-likeness (QED) is 0.539. The number of rotatable bonds is 9. The third-order valence-electron chi connectivity index (χ3n) is 7.35. The Morgan fingerprint density at radius 3 is 2.39 bits per heavy atom. The first-order valence-electron chi connectivity index (χ1n) is 13.0. The van der Waals surface area contributed by atoms with E-state index in [2.05, 4.69) is 34.4 Å². The van der Waals surface area contributed by atoms with E-state index in [9.17, 15) is 18.4 Å². The van der Waals surface area contributed by atoms with E-state index in [1.165, 1.54) is 12.8 Å². The number of nitrogens with zero attached hydrogens (tertiary/aromatic N) is 3. The molecule has 2 fully saturated rings. The zero-order chi connectivity index (χ0) is 25.7. The monoisotopic (exact) mass is 501 g/mol. The van der Waals surface area contributed by atoms with Gasteiger partial charge in [0.25, 0.3) is 0 Å². The molecule has 1 atom stereocenters. The van der Waals surface area contributed by atoms with Crippen molar-refractivity contribution in [1.29, 1.82) is 0 Å². The van der Waals surface area contributed by atoms with Gasteiger partial charge in [0.05, 0.1) is 18.3 Å². The number of carbonyl (C=O) groups is 2.